The van der Waals surface area contributed by atoms with Crippen LogP contribution in [0, 0.1) is 0 Å². The first kappa shape index (κ1) is 23.1. The molecule has 0 aliphatic heterocycles. The Morgan fingerprint density at radius 3 is 1.88 bits per heavy atom. The number of hydrogen-bond donors (Lipinski definition) is 0. The number of benzene rings is 4. The zero-order valence-electron chi connectivity index (χ0n) is 18.8. The van der Waals surface area contributed by atoms with Gasteiger partial charge in [-0.2, -0.15) is 0 Å². The Bertz CT molecular complexity index is 1290. The summed E-state index contributed by atoms with van der Waals surface area (Å²) in [4.78, 5) is 20.3. The number of carbonyl (C=O) groups is 1. The number of aliphatic imine (C=N–C) groups is 1. The molecule has 34 heavy (non-hydrogen) atoms. The molecule has 0 aromatic heterocycles. The maximum absolute atomic E-state index is 13.9. The van der Waals surface area contributed by atoms with Crippen LogP contribution in [0.2, 0.25) is 5.02 Å². The number of rotatable bonds is 6. The van der Waals surface area contributed by atoms with Gasteiger partial charge in [-0.25, -0.2) is 4.99 Å². The van der Waals surface area contributed by atoms with Gasteiger partial charge < -0.3 is 9.47 Å². The largest absolute Gasteiger partial charge is 0.497 e. The van der Waals surface area contributed by atoms with Gasteiger partial charge in [-0.05, 0) is 72.8 Å². The van der Waals surface area contributed by atoms with Crippen LogP contribution in [0.25, 0.3) is 0 Å². The third-order valence-electron chi connectivity index (χ3n) is 5.19. The number of anilines is 1. The topological polar surface area (TPSA) is 51.1 Å². The molecule has 0 fully saturated rings. The van der Waals surface area contributed by atoms with Crippen LogP contribution in [0.15, 0.2) is 108 Å². The lowest BCUT2D eigenvalue weighted by atomic mass is 10.1. The minimum Gasteiger partial charge on any atom is -0.497 e. The summed E-state index contributed by atoms with van der Waals surface area (Å²) in [6.07, 6.45) is 0. The van der Waals surface area contributed by atoms with Crippen LogP contribution in [0.1, 0.15) is 15.9 Å². The number of methoxy groups -OCH3 is 2. The zero-order chi connectivity index (χ0) is 23.9. The standard InChI is InChI=1S/C28H23ClN2O3/c1-33-23-16-12-21(13-17-23)30-27(25-10-6-7-11-26(25)29)31(22-14-18-24(34-2)19-15-22)28(32)20-8-4-3-5-9-20/h3-19H,1-2H3. The molecule has 0 N–H and O–H groups in total. The zero-order valence-corrected chi connectivity index (χ0v) is 19.6. The molecular weight excluding hydrogens is 448 g/mol. The van der Waals surface area contributed by atoms with Gasteiger partial charge in [0.1, 0.15) is 17.3 Å². The van der Waals surface area contributed by atoms with Crippen molar-refractivity contribution < 1.29 is 14.3 Å². The molecule has 0 unspecified atom stereocenters. The molecule has 0 heterocycles. The highest BCUT2D eigenvalue weighted by molar-refractivity contribution is 6.37. The molecule has 6 heteroatoms. The molecule has 0 saturated heterocycles. The maximum Gasteiger partial charge on any atom is 0.264 e. The van der Waals surface area contributed by atoms with Crippen molar-refractivity contribution in [1.82, 2.24) is 0 Å². The minimum absolute atomic E-state index is 0.238. The van der Waals surface area contributed by atoms with Crippen molar-refractivity contribution in [3.8, 4) is 11.5 Å². The second-order valence-electron chi connectivity index (χ2n) is 7.32. The predicted octanol–water partition coefficient (Wildman–Crippen LogP) is 6.78. The minimum atomic E-state index is -0.238. The van der Waals surface area contributed by atoms with Crippen molar-refractivity contribution in [1.29, 1.82) is 0 Å². The van der Waals surface area contributed by atoms with Crippen LogP contribution in [-0.4, -0.2) is 26.0 Å². The second kappa shape index (κ2) is 10.7. The van der Waals surface area contributed by atoms with Crippen LogP contribution in [0.5, 0.6) is 11.5 Å². The molecule has 0 bridgehead atoms. The number of amides is 1. The molecular formula is C28H23ClN2O3. The van der Waals surface area contributed by atoms with Gasteiger partial charge in [0.15, 0.2) is 0 Å². The van der Waals surface area contributed by atoms with Crippen molar-refractivity contribution in [3.05, 3.63) is 119 Å². The Morgan fingerprint density at radius 2 is 1.29 bits per heavy atom. The van der Waals surface area contributed by atoms with Crippen LogP contribution in [-0.2, 0) is 0 Å². The van der Waals surface area contributed by atoms with Crippen molar-refractivity contribution >= 4 is 34.7 Å². The Kier molecular flexibility index (Phi) is 7.25. The molecule has 0 atom stereocenters. The van der Waals surface area contributed by atoms with Gasteiger partial charge in [-0.3, -0.25) is 9.69 Å². The second-order valence-corrected chi connectivity index (χ2v) is 7.73. The molecule has 170 valence electrons. The molecule has 4 aromatic carbocycles. The average molecular weight is 471 g/mol. The summed E-state index contributed by atoms with van der Waals surface area (Å²) in [6, 6.07) is 30.9. The summed E-state index contributed by atoms with van der Waals surface area (Å²) in [5.74, 6) is 1.56. The quantitative estimate of drug-likeness (QED) is 0.230. The van der Waals surface area contributed by atoms with E-state index in [-0.39, 0.29) is 5.91 Å². The molecule has 0 spiro atoms. The van der Waals surface area contributed by atoms with E-state index in [1.54, 1.807) is 49.5 Å². The lowest BCUT2D eigenvalue weighted by molar-refractivity contribution is 0.100. The third-order valence-corrected chi connectivity index (χ3v) is 5.52. The smallest absolute Gasteiger partial charge is 0.264 e. The van der Waals surface area contributed by atoms with Gasteiger partial charge in [-0.1, -0.05) is 41.9 Å². The van der Waals surface area contributed by atoms with E-state index in [2.05, 4.69) is 0 Å². The van der Waals surface area contributed by atoms with Gasteiger partial charge in [0.05, 0.1) is 30.6 Å². The molecule has 4 rings (SSSR count). The van der Waals surface area contributed by atoms with Crippen LogP contribution < -0.4 is 14.4 Å². The molecule has 5 nitrogen and oxygen atoms in total. The SMILES string of the molecule is COc1ccc(N=C(c2ccccc2Cl)N(C(=O)c2ccccc2)c2ccc(OC)cc2)cc1. The fourth-order valence-corrected chi connectivity index (χ4v) is 3.65. The number of halogens is 1. The number of amidine groups is 1. The van der Waals surface area contributed by atoms with E-state index in [9.17, 15) is 4.79 Å². The number of ether oxygens (including phenoxy) is 2. The van der Waals surface area contributed by atoms with E-state index in [4.69, 9.17) is 26.1 Å². The highest BCUT2D eigenvalue weighted by atomic mass is 35.5. The summed E-state index contributed by atoms with van der Waals surface area (Å²) in [5, 5.41) is 0.481. The van der Waals surface area contributed by atoms with Crippen molar-refractivity contribution in [3.63, 3.8) is 0 Å². The predicted molar refractivity (Wildman–Crippen MR) is 137 cm³/mol. The first-order chi connectivity index (χ1) is 16.6. The van der Waals surface area contributed by atoms with E-state index in [0.717, 1.165) is 0 Å². The summed E-state index contributed by atoms with van der Waals surface area (Å²) < 4.78 is 10.6. The Hall–Kier alpha value is -4.09. The van der Waals surface area contributed by atoms with E-state index in [1.807, 2.05) is 72.8 Å². The van der Waals surface area contributed by atoms with Crippen molar-refractivity contribution in [2.24, 2.45) is 4.99 Å². The summed E-state index contributed by atoms with van der Waals surface area (Å²) in [6.45, 7) is 0. The maximum atomic E-state index is 13.9. The van der Waals surface area contributed by atoms with Gasteiger partial charge in [0.25, 0.3) is 5.91 Å². The van der Waals surface area contributed by atoms with Crippen molar-refractivity contribution in [2.75, 3.05) is 19.1 Å². The molecule has 1 amide bonds. The fourth-order valence-electron chi connectivity index (χ4n) is 3.43. The summed E-state index contributed by atoms with van der Waals surface area (Å²) >= 11 is 6.60. The normalized spacial score (nSPS) is 11.1. The van der Waals surface area contributed by atoms with E-state index in [1.165, 1.54) is 0 Å². The first-order valence-corrected chi connectivity index (χ1v) is 11.0. The molecule has 0 radical (unpaired) electrons. The fraction of sp³-hybridized carbons (Fsp3) is 0.0714. The summed E-state index contributed by atoms with van der Waals surface area (Å²) in [5.41, 5.74) is 2.42. The molecule has 4 aromatic rings. The number of carbonyl (C=O) groups excluding carboxylic acids is 1. The molecule has 0 saturated carbocycles. The van der Waals surface area contributed by atoms with Gasteiger partial charge in [0, 0.05) is 11.1 Å². The van der Waals surface area contributed by atoms with Gasteiger partial charge >= 0.3 is 0 Å². The Labute approximate surface area is 203 Å². The Morgan fingerprint density at radius 1 is 0.735 bits per heavy atom. The first-order valence-electron chi connectivity index (χ1n) is 10.6. The highest BCUT2D eigenvalue weighted by Gasteiger charge is 2.26. The lowest BCUT2D eigenvalue weighted by Gasteiger charge is -2.26. The number of hydrogen-bond acceptors (Lipinski definition) is 4. The monoisotopic (exact) mass is 470 g/mol. The van der Waals surface area contributed by atoms with E-state index >= 15 is 0 Å². The van der Waals surface area contributed by atoms with Crippen LogP contribution in [0.3, 0.4) is 0 Å². The van der Waals surface area contributed by atoms with E-state index in [0.29, 0.717) is 44.9 Å². The van der Waals surface area contributed by atoms with E-state index < -0.39 is 0 Å². The van der Waals surface area contributed by atoms with Gasteiger partial charge in [-0.15, -0.1) is 0 Å². The molecule has 0 aliphatic carbocycles. The molecule has 0 aliphatic rings. The Balaban J connectivity index is 1.93. The van der Waals surface area contributed by atoms with Crippen molar-refractivity contribution in [2.45, 2.75) is 0 Å². The average Bonchev–Trinajstić information content (AvgIpc) is 2.90. The summed E-state index contributed by atoms with van der Waals surface area (Å²) in [7, 11) is 3.21. The van der Waals surface area contributed by atoms with Gasteiger partial charge in [0.2, 0.25) is 0 Å². The highest BCUT2D eigenvalue weighted by Crippen LogP contribution is 2.29. The lowest BCUT2D eigenvalue weighted by Crippen LogP contribution is -2.38. The number of nitrogens with zero attached hydrogens (tertiary/aromatic N) is 2. The van der Waals surface area contributed by atoms with Crippen LogP contribution in [0.4, 0.5) is 11.4 Å². The third kappa shape index (κ3) is 5.11. The van der Waals surface area contributed by atoms with Crippen LogP contribution >= 0.6 is 11.6 Å².